The first-order chi connectivity index (χ1) is 10.1. The molecule has 0 radical (unpaired) electrons. The molecule has 2 aromatic rings. The van der Waals surface area contributed by atoms with Crippen molar-refractivity contribution in [3.8, 4) is 11.5 Å². The topological polar surface area (TPSA) is 68.3 Å². The van der Waals surface area contributed by atoms with Crippen LogP contribution in [0.2, 0.25) is 5.02 Å². The summed E-state index contributed by atoms with van der Waals surface area (Å²) in [5.74, 6) is 1.29. The average molecular weight is 370 g/mol. The molecule has 0 atom stereocenters. The minimum Gasteiger partial charge on any atom is -0.490 e. The van der Waals surface area contributed by atoms with Crippen LogP contribution in [0.15, 0.2) is 46.9 Å². The Morgan fingerprint density at radius 3 is 2.38 bits per heavy atom. The predicted octanol–water partition coefficient (Wildman–Crippen LogP) is 3.84. The minimum atomic E-state index is -0.0259. The minimum absolute atomic E-state index is 0.0259. The molecule has 21 heavy (non-hydrogen) atoms. The van der Waals surface area contributed by atoms with Gasteiger partial charge < -0.3 is 15.2 Å². The van der Waals surface area contributed by atoms with Crippen molar-refractivity contribution in [2.24, 2.45) is 5.73 Å². The second-order valence-electron chi connectivity index (χ2n) is 4.21. The van der Waals surface area contributed by atoms with E-state index in [4.69, 9.17) is 32.2 Å². The molecular formula is C15H14BrClN2O2. The van der Waals surface area contributed by atoms with Crippen molar-refractivity contribution in [1.82, 2.24) is 0 Å². The van der Waals surface area contributed by atoms with Gasteiger partial charge in [0.25, 0.3) is 0 Å². The maximum atomic E-state index is 7.34. The van der Waals surface area contributed by atoms with Gasteiger partial charge in [-0.05, 0) is 42.5 Å². The van der Waals surface area contributed by atoms with E-state index in [9.17, 15) is 0 Å². The molecule has 0 aliphatic carbocycles. The summed E-state index contributed by atoms with van der Waals surface area (Å²) < 4.78 is 12.1. The van der Waals surface area contributed by atoms with Gasteiger partial charge in [-0.15, -0.1) is 0 Å². The third-order valence-electron chi connectivity index (χ3n) is 2.67. The summed E-state index contributed by atoms with van der Waals surface area (Å²) in [4.78, 5) is 0. The molecule has 2 aromatic carbocycles. The van der Waals surface area contributed by atoms with E-state index in [-0.39, 0.29) is 5.84 Å². The maximum Gasteiger partial charge on any atom is 0.138 e. The fraction of sp³-hybridized carbons (Fsp3) is 0.133. The van der Waals surface area contributed by atoms with E-state index in [1.54, 1.807) is 18.2 Å². The van der Waals surface area contributed by atoms with Crippen LogP contribution in [0.1, 0.15) is 5.56 Å². The molecule has 0 aromatic heterocycles. The Morgan fingerprint density at radius 2 is 1.76 bits per heavy atom. The van der Waals surface area contributed by atoms with Gasteiger partial charge in [-0.25, -0.2) is 0 Å². The molecule has 0 spiro atoms. The first-order valence-electron chi connectivity index (χ1n) is 6.21. The molecule has 110 valence electrons. The van der Waals surface area contributed by atoms with E-state index >= 15 is 0 Å². The van der Waals surface area contributed by atoms with Gasteiger partial charge in [-0.2, -0.15) is 0 Å². The number of nitrogens with two attached hydrogens (primary N) is 1. The van der Waals surface area contributed by atoms with Gasteiger partial charge >= 0.3 is 0 Å². The van der Waals surface area contributed by atoms with Crippen molar-refractivity contribution in [3.05, 3.63) is 57.5 Å². The molecule has 0 aliphatic rings. The largest absolute Gasteiger partial charge is 0.490 e. The first kappa shape index (κ1) is 15.7. The molecule has 0 amide bonds. The van der Waals surface area contributed by atoms with Crippen molar-refractivity contribution in [2.45, 2.75) is 0 Å². The van der Waals surface area contributed by atoms with E-state index in [1.165, 1.54) is 0 Å². The molecule has 0 aliphatic heterocycles. The van der Waals surface area contributed by atoms with Crippen LogP contribution < -0.4 is 15.2 Å². The van der Waals surface area contributed by atoms with Crippen molar-refractivity contribution in [1.29, 1.82) is 5.41 Å². The van der Waals surface area contributed by atoms with E-state index in [0.29, 0.717) is 29.5 Å². The summed E-state index contributed by atoms with van der Waals surface area (Å²) in [6.07, 6.45) is 0. The number of rotatable bonds is 6. The van der Waals surface area contributed by atoms with E-state index in [2.05, 4.69) is 15.9 Å². The molecule has 0 heterocycles. The smallest absolute Gasteiger partial charge is 0.138 e. The number of benzene rings is 2. The Kier molecular flexibility index (Phi) is 5.47. The predicted molar refractivity (Wildman–Crippen MR) is 87.6 cm³/mol. The Balaban J connectivity index is 1.83. The van der Waals surface area contributed by atoms with Crippen LogP contribution in [0.5, 0.6) is 11.5 Å². The van der Waals surface area contributed by atoms with Gasteiger partial charge in [0.05, 0.1) is 5.02 Å². The van der Waals surface area contributed by atoms with Crippen LogP contribution >= 0.6 is 27.5 Å². The first-order valence-corrected chi connectivity index (χ1v) is 7.38. The highest BCUT2D eigenvalue weighted by atomic mass is 79.9. The van der Waals surface area contributed by atoms with Crippen molar-refractivity contribution in [2.75, 3.05) is 13.2 Å². The number of hydrogen-bond donors (Lipinski definition) is 2. The molecule has 0 saturated heterocycles. The highest BCUT2D eigenvalue weighted by Gasteiger charge is 2.05. The molecule has 4 nitrogen and oxygen atoms in total. The van der Waals surface area contributed by atoms with Crippen LogP contribution in [0.4, 0.5) is 0 Å². The maximum absolute atomic E-state index is 7.34. The fourth-order valence-electron chi connectivity index (χ4n) is 1.63. The Bertz CT molecular complexity index is 632. The van der Waals surface area contributed by atoms with Crippen LogP contribution in [-0.4, -0.2) is 19.0 Å². The van der Waals surface area contributed by atoms with Crippen molar-refractivity contribution in [3.63, 3.8) is 0 Å². The average Bonchev–Trinajstić information content (AvgIpc) is 2.46. The van der Waals surface area contributed by atoms with Gasteiger partial charge in [0, 0.05) is 10.0 Å². The quantitative estimate of drug-likeness (QED) is 0.462. The van der Waals surface area contributed by atoms with Crippen LogP contribution in [0.3, 0.4) is 0 Å². The van der Waals surface area contributed by atoms with Gasteiger partial charge in [-0.1, -0.05) is 27.5 Å². The van der Waals surface area contributed by atoms with Gasteiger partial charge in [-0.3, -0.25) is 5.41 Å². The van der Waals surface area contributed by atoms with Crippen LogP contribution in [-0.2, 0) is 0 Å². The molecule has 0 bridgehead atoms. The van der Waals surface area contributed by atoms with Gasteiger partial charge in [0.15, 0.2) is 0 Å². The standard InChI is InChI=1S/C15H14BrClN2O2/c16-11-2-4-12(5-3-11)20-7-8-21-14-6-1-10(15(18)19)9-13(14)17/h1-6,9H,7-8H2,(H3,18,19). The lowest BCUT2D eigenvalue weighted by Gasteiger charge is -2.10. The summed E-state index contributed by atoms with van der Waals surface area (Å²) in [6.45, 7) is 0.779. The zero-order valence-corrected chi connectivity index (χ0v) is 13.4. The molecular weight excluding hydrogens is 356 g/mol. The lowest BCUT2D eigenvalue weighted by molar-refractivity contribution is 0.217. The Labute approximate surface area is 136 Å². The number of nitrogens with one attached hydrogen (secondary N) is 1. The van der Waals surface area contributed by atoms with E-state index in [1.807, 2.05) is 24.3 Å². The number of halogens is 2. The van der Waals surface area contributed by atoms with E-state index < -0.39 is 0 Å². The van der Waals surface area contributed by atoms with E-state index in [0.717, 1.165) is 10.2 Å². The fourth-order valence-corrected chi connectivity index (χ4v) is 2.13. The molecule has 0 fully saturated rings. The van der Waals surface area contributed by atoms with Crippen LogP contribution in [0.25, 0.3) is 0 Å². The highest BCUT2D eigenvalue weighted by molar-refractivity contribution is 9.10. The number of nitrogen functional groups attached to an aromatic ring is 1. The van der Waals surface area contributed by atoms with Crippen molar-refractivity contribution >= 4 is 33.4 Å². The highest BCUT2D eigenvalue weighted by Crippen LogP contribution is 2.25. The number of hydrogen-bond acceptors (Lipinski definition) is 3. The summed E-state index contributed by atoms with van der Waals surface area (Å²) >= 11 is 9.43. The lowest BCUT2D eigenvalue weighted by Crippen LogP contribution is -2.12. The van der Waals surface area contributed by atoms with Gasteiger partial charge in [0.1, 0.15) is 30.5 Å². The number of ether oxygens (including phenoxy) is 2. The normalized spacial score (nSPS) is 10.2. The third kappa shape index (κ3) is 4.65. The molecule has 2 rings (SSSR count). The lowest BCUT2D eigenvalue weighted by atomic mass is 10.2. The Morgan fingerprint density at radius 1 is 1.10 bits per heavy atom. The monoisotopic (exact) mass is 368 g/mol. The summed E-state index contributed by atoms with van der Waals surface area (Å²) in [6, 6.07) is 12.6. The second kappa shape index (κ2) is 7.33. The SMILES string of the molecule is N=C(N)c1ccc(OCCOc2ccc(Br)cc2)c(Cl)c1. The van der Waals surface area contributed by atoms with Gasteiger partial charge in [0.2, 0.25) is 0 Å². The number of amidine groups is 1. The molecule has 6 heteroatoms. The van der Waals surface area contributed by atoms with Crippen LogP contribution in [0, 0.1) is 5.41 Å². The molecule has 0 saturated carbocycles. The summed E-state index contributed by atoms with van der Waals surface area (Å²) in [5.41, 5.74) is 5.96. The third-order valence-corrected chi connectivity index (χ3v) is 3.49. The zero-order valence-electron chi connectivity index (χ0n) is 11.1. The summed E-state index contributed by atoms with van der Waals surface area (Å²) in [5, 5.41) is 7.76. The molecule has 0 unspecified atom stereocenters. The van der Waals surface area contributed by atoms with Crippen molar-refractivity contribution < 1.29 is 9.47 Å². The Hall–Kier alpha value is -1.72. The second-order valence-corrected chi connectivity index (χ2v) is 5.53. The molecule has 3 N–H and O–H groups in total. The zero-order chi connectivity index (χ0) is 15.2. The summed E-state index contributed by atoms with van der Waals surface area (Å²) in [7, 11) is 0.